The van der Waals surface area contributed by atoms with Crippen LogP contribution in [0.3, 0.4) is 0 Å². The maximum Gasteiger partial charge on any atom is 0.328 e. The third kappa shape index (κ3) is 3.32. The summed E-state index contributed by atoms with van der Waals surface area (Å²) >= 11 is 0. The Morgan fingerprint density at radius 1 is 1.33 bits per heavy atom. The predicted molar refractivity (Wildman–Crippen MR) is 75.6 cm³/mol. The lowest BCUT2D eigenvalue weighted by Gasteiger charge is -2.12. The van der Waals surface area contributed by atoms with Gasteiger partial charge in [0.2, 0.25) is 0 Å². The lowest BCUT2D eigenvalue weighted by Crippen LogP contribution is -2.43. The van der Waals surface area contributed by atoms with Gasteiger partial charge in [-0.2, -0.15) is 0 Å². The van der Waals surface area contributed by atoms with E-state index in [4.69, 9.17) is 14.6 Å². The first kappa shape index (κ1) is 14.9. The van der Waals surface area contributed by atoms with Gasteiger partial charge in [-0.25, -0.2) is 4.79 Å². The average molecular weight is 292 g/mol. The molecule has 1 amide bonds. The van der Waals surface area contributed by atoms with Crippen LogP contribution in [-0.4, -0.2) is 48.8 Å². The molecule has 7 nitrogen and oxygen atoms in total. The Bertz CT molecular complexity index is 664. The molecule has 2 aromatic rings. The molecular weight excluding hydrogens is 276 g/mol. The zero-order valence-electron chi connectivity index (χ0n) is 11.7. The monoisotopic (exact) mass is 292 g/mol. The summed E-state index contributed by atoms with van der Waals surface area (Å²) in [6, 6.07) is 5.88. The molecule has 112 valence electrons. The number of ether oxygens (including phenoxy) is 2. The molecule has 1 aromatic carbocycles. The second-order valence-corrected chi connectivity index (χ2v) is 4.46. The zero-order chi connectivity index (χ0) is 15.4. The van der Waals surface area contributed by atoms with E-state index in [9.17, 15) is 9.59 Å². The van der Waals surface area contributed by atoms with Gasteiger partial charge in [-0.15, -0.1) is 0 Å². The topological polar surface area (TPSA) is 101 Å². The smallest absolute Gasteiger partial charge is 0.328 e. The third-order valence-corrected chi connectivity index (χ3v) is 3.01. The second-order valence-electron chi connectivity index (χ2n) is 4.46. The first-order valence-corrected chi connectivity index (χ1v) is 6.24. The number of fused-ring (bicyclic) bond motifs is 1. The molecule has 0 fully saturated rings. The van der Waals surface area contributed by atoms with Crippen molar-refractivity contribution < 1.29 is 24.2 Å². The molecule has 2 rings (SSSR count). The summed E-state index contributed by atoms with van der Waals surface area (Å²) in [6.45, 7) is -0.102. The Hall–Kier alpha value is -2.54. The maximum absolute atomic E-state index is 12.1. The standard InChI is InChI=1S/C14H16N2O5/c1-20-7-12(14(18)19)16-13(17)11-6-8-5-9(21-2)3-4-10(8)15-11/h3-6,12,15H,7H2,1-2H3,(H,16,17)(H,18,19). The van der Waals surface area contributed by atoms with E-state index >= 15 is 0 Å². The number of rotatable bonds is 6. The van der Waals surface area contributed by atoms with Crippen molar-refractivity contribution in [1.82, 2.24) is 10.3 Å². The Morgan fingerprint density at radius 2 is 2.10 bits per heavy atom. The van der Waals surface area contributed by atoms with Gasteiger partial charge in [-0.1, -0.05) is 0 Å². The highest BCUT2D eigenvalue weighted by molar-refractivity contribution is 5.99. The zero-order valence-corrected chi connectivity index (χ0v) is 11.7. The number of aromatic nitrogens is 1. The van der Waals surface area contributed by atoms with Crippen LogP contribution in [0.25, 0.3) is 10.9 Å². The summed E-state index contributed by atoms with van der Waals surface area (Å²) in [7, 11) is 2.93. The number of aliphatic carboxylic acids is 1. The van der Waals surface area contributed by atoms with Crippen molar-refractivity contribution in [2.24, 2.45) is 0 Å². The molecule has 0 radical (unpaired) electrons. The maximum atomic E-state index is 12.1. The predicted octanol–water partition coefficient (Wildman–Crippen LogP) is 1.01. The molecule has 0 aliphatic carbocycles. The fourth-order valence-corrected chi connectivity index (χ4v) is 1.94. The van der Waals surface area contributed by atoms with Crippen molar-refractivity contribution >= 4 is 22.8 Å². The summed E-state index contributed by atoms with van der Waals surface area (Å²) in [5, 5.41) is 12.2. The van der Waals surface area contributed by atoms with Crippen LogP contribution in [-0.2, 0) is 9.53 Å². The Labute approximate surface area is 120 Å². The molecule has 0 saturated carbocycles. The van der Waals surface area contributed by atoms with Gasteiger partial charge >= 0.3 is 5.97 Å². The molecule has 0 saturated heterocycles. The fraction of sp³-hybridized carbons (Fsp3) is 0.286. The number of H-pyrrole nitrogens is 1. The molecule has 1 atom stereocenters. The molecule has 1 aromatic heterocycles. The van der Waals surface area contributed by atoms with Gasteiger partial charge in [-0.3, -0.25) is 4.79 Å². The van der Waals surface area contributed by atoms with E-state index in [1.807, 2.05) is 0 Å². The van der Waals surface area contributed by atoms with E-state index in [1.165, 1.54) is 7.11 Å². The van der Waals surface area contributed by atoms with Gasteiger partial charge in [0.25, 0.3) is 5.91 Å². The van der Waals surface area contributed by atoms with Crippen LogP contribution in [0, 0.1) is 0 Å². The molecular formula is C14H16N2O5. The van der Waals surface area contributed by atoms with Gasteiger partial charge in [0, 0.05) is 18.0 Å². The van der Waals surface area contributed by atoms with Crippen molar-refractivity contribution in [3.8, 4) is 5.75 Å². The fourth-order valence-electron chi connectivity index (χ4n) is 1.94. The van der Waals surface area contributed by atoms with Crippen LogP contribution in [0.5, 0.6) is 5.75 Å². The van der Waals surface area contributed by atoms with E-state index in [0.717, 1.165) is 10.9 Å². The minimum absolute atomic E-state index is 0.102. The van der Waals surface area contributed by atoms with Gasteiger partial charge in [-0.05, 0) is 24.3 Å². The highest BCUT2D eigenvalue weighted by Gasteiger charge is 2.21. The van der Waals surface area contributed by atoms with Crippen molar-refractivity contribution in [2.75, 3.05) is 20.8 Å². The number of hydrogen-bond acceptors (Lipinski definition) is 4. The molecule has 1 unspecified atom stereocenters. The molecule has 3 N–H and O–H groups in total. The van der Waals surface area contributed by atoms with Crippen LogP contribution >= 0.6 is 0 Å². The van der Waals surface area contributed by atoms with Gasteiger partial charge in [0.15, 0.2) is 6.04 Å². The van der Waals surface area contributed by atoms with Crippen molar-refractivity contribution in [1.29, 1.82) is 0 Å². The average Bonchev–Trinajstić information content (AvgIpc) is 2.89. The van der Waals surface area contributed by atoms with Crippen molar-refractivity contribution in [2.45, 2.75) is 6.04 Å². The second kappa shape index (κ2) is 6.27. The van der Waals surface area contributed by atoms with Gasteiger partial charge < -0.3 is 24.9 Å². The van der Waals surface area contributed by atoms with E-state index < -0.39 is 17.9 Å². The number of nitrogens with one attached hydrogen (secondary N) is 2. The highest BCUT2D eigenvalue weighted by atomic mass is 16.5. The number of hydrogen-bond donors (Lipinski definition) is 3. The number of carbonyl (C=O) groups excluding carboxylic acids is 1. The van der Waals surface area contributed by atoms with Gasteiger partial charge in [0.1, 0.15) is 11.4 Å². The van der Waals surface area contributed by atoms with Crippen LogP contribution in [0.4, 0.5) is 0 Å². The first-order chi connectivity index (χ1) is 10.0. The largest absolute Gasteiger partial charge is 0.497 e. The summed E-state index contributed by atoms with van der Waals surface area (Å²) < 4.78 is 9.88. The number of methoxy groups -OCH3 is 2. The van der Waals surface area contributed by atoms with Gasteiger partial charge in [0.05, 0.1) is 13.7 Å². The number of benzene rings is 1. The first-order valence-electron chi connectivity index (χ1n) is 6.24. The molecule has 1 heterocycles. The minimum Gasteiger partial charge on any atom is -0.497 e. The summed E-state index contributed by atoms with van der Waals surface area (Å²) in [4.78, 5) is 26.0. The Morgan fingerprint density at radius 3 is 2.71 bits per heavy atom. The van der Waals surface area contributed by atoms with E-state index in [-0.39, 0.29) is 12.3 Å². The Kier molecular flexibility index (Phi) is 4.44. The number of aromatic amines is 1. The molecule has 0 bridgehead atoms. The third-order valence-electron chi connectivity index (χ3n) is 3.01. The number of carboxylic acids is 1. The van der Waals surface area contributed by atoms with Crippen molar-refractivity contribution in [3.05, 3.63) is 30.0 Å². The number of carboxylic acid groups (broad SMARTS) is 1. The van der Waals surface area contributed by atoms with Crippen molar-refractivity contribution in [3.63, 3.8) is 0 Å². The lowest BCUT2D eigenvalue weighted by molar-refractivity contribution is -0.140. The van der Waals surface area contributed by atoms with E-state index in [0.29, 0.717) is 5.75 Å². The quantitative estimate of drug-likeness (QED) is 0.737. The summed E-state index contributed by atoms with van der Waals surface area (Å²) in [6.07, 6.45) is 0. The number of carbonyl (C=O) groups is 2. The minimum atomic E-state index is -1.15. The molecule has 0 aliphatic heterocycles. The van der Waals surface area contributed by atoms with Crippen LogP contribution < -0.4 is 10.1 Å². The van der Waals surface area contributed by atoms with Crippen LogP contribution in [0.2, 0.25) is 0 Å². The molecule has 0 aliphatic rings. The molecule has 0 spiro atoms. The highest BCUT2D eigenvalue weighted by Crippen LogP contribution is 2.21. The van der Waals surface area contributed by atoms with Crippen LogP contribution in [0.15, 0.2) is 24.3 Å². The lowest BCUT2D eigenvalue weighted by atomic mass is 10.2. The molecule has 21 heavy (non-hydrogen) atoms. The van der Waals surface area contributed by atoms with E-state index in [2.05, 4.69) is 10.3 Å². The van der Waals surface area contributed by atoms with E-state index in [1.54, 1.807) is 31.4 Å². The number of amides is 1. The summed E-state index contributed by atoms with van der Waals surface area (Å²) in [5.41, 5.74) is 1.04. The Balaban J connectivity index is 2.20. The summed E-state index contributed by atoms with van der Waals surface area (Å²) in [5.74, 6) is -0.978. The normalized spacial score (nSPS) is 12.1. The SMILES string of the molecule is COCC(NC(=O)c1cc2cc(OC)ccc2[nH]1)C(=O)O. The molecule has 7 heteroatoms. The van der Waals surface area contributed by atoms with Crippen LogP contribution in [0.1, 0.15) is 10.5 Å².